The highest BCUT2D eigenvalue weighted by molar-refractivity contribution is 6.31. The fraction of sp³-hybridized carbons (Fsp3) is 0.241. The van der Waals surface area contributed by atoms with Crippen molar-refractivity contribution < 1.29 is 46.0 Å². The monoisotopic (exact) mass is 621 g/mol. The normalized spacial score (nSPS) is 12.6. The number of carbonyl (C=O) groups excluding carboxylic acids is 1. The van der Waals surface area contributed by atoms with E-state index in [0.29, 0.717) is 66.2 Å². The molecule has 0 saturated carbocycles. The van der Waals surface area contributed by atoms with Gasteiger partial charge in [-0.05, 0) is 36.4 Å². The van der Waals surface area contributed by atoms with Crippen molar-refractivity contribution in [2.45, 2.75) is 12.6 Å². The van der Waals surface area contributed by atoms with E-state index in [1.54, 1.807) is 19.2 Å². The van der Waals surface area contributed by atoms with Crippen LogP contribution in [0.2, 0.25) is 5.02 Å². The Kier molecular flexibility index (Phi) is 8.92. The molecule has 0 spiro atoms. The molecule has 1 aromatic heterocycles. The molecule has 1 aliphatic heterocycles. The molecule has 2 N–H and O–H groups in total. The van der Waals surface area contributed by atoms with E-state index in [2.05, 4.69) is 15.6 Å². The van der Waals surface area contributed by atoms with Crippen LogP contribution in [0.4, 0.5) is 33.7 Å². The van der Waals surface area contributed by atoms with Crippen molar-refractivity contribution in [1.82, 2.24) is 4.98 Å². The lowest BCUT2D eigenvalue weighted by molar-refractivity contribution is -0.137. The van der Waals surface area contributed by atoms with Gasteiger partial charge in [0.25, 0.3) is 0 Å². The number of carbonyl (C=O) groups is 1. The van der Waals surface area contributed by atoms with Crippen LogP contribution in [0.5, 0.6) is 28.7 Å². The summed E-state index contributed by atoms with van der Waals surface area (Å²) in [7, 11) is 1.61. The minimum absolute atomic E-state index is 0.0915. The Hall–Kier alpha value is -4.49. The van der Waals surface area contributed by atoms with Crippen LogP contribution in [0.15, 0.2) is 54.7 Å². The Bertz CT molecular complexity index is 1650. The first-order valence-electron chi connectivity index (χ1n) is 12.9. The average Bonchev–Trinajstić information content (AvgIpc) is 2.97. The molecule has 226 valence electrons. The predicted octanol–water partition coefficient (Wildman–Crippen LogP) is 7.67. The summed E-state index contributed by atoms with van der Waals surface area (Å²) in [4.78, 5) is 16.8. The Morgan fingerprint density at radius 3 is 2.53 bits per heavy atom. The summed E-state index contributed by atoms with van der Waals surface area (Å²) in [5.74, 6) is 0.767. The van der Waals surface area contributed by atoms with Gasteiger partial charge in [-0.3, -0.25) is 4.98 Å². The van der Waals surface area contributed by atoms with Crippen LogP contribution >= 0.6 is 11.6 Å². The molecule has 2 heterocycles. The second-order valence-corrected chi connectivity index (χ2v) is 9.55. The van der Waals surface area contributed by atoms with Gasteiger partial charge >= 0.3 is 12.2 Å². The molecule has 2 amide bonds. The Morgan fingerprint density at radius 1 is 1.00 bits per heavy atom. The number of ether oxygens (including phenoxy) is 5. The number of nitrogens with one attached hydrogen (secondary N) is 2. The quantitative estimate of drug-likeness (QED) is 0.146. The van der Waals surface area contributed by atoms with Crippen LogP contribution < -0.4 is 29.6 Å². The minimum atomic E-state index is -4.72. The summed E-state index contributed by atoms with van der Waals surface area (Å²) in [6.45, 7) is 1.52. The Morgan fingerprint density at radius 2 is 1.79 bits per heavy atom. The number of fused-ring (bicyclic) bond motifs is 3. The van der Waals surface area contributed by atoms with Gasteiger partial charge < -0.3 is 34.3 Å². The summed E-state index contributed by atoms with van der Waals surface area (Å²) < 4.78 is 83.0. The molecule has 9 nitrogen and oxygen atoms in total. The molecule has 1 aliphatic rings. The molecule has 0 saturated heterocycles. The van der Waals surface area contributed by atoms with Crippen molar-refractivity contribution in [2.24, 2.45) is 0 Å². The van der Waals surface area contributed by atoms with Gasteiger partial charge in [0.15, 0.2) is 11.5 Å². The van der Waals surface area contributed by atoms with Gasteiger partial charge in [0.2, 0.25) is 5.75 Å². The van der Waals surface area contributed by atoms with Gasteiger partial charge in [-0.1, -0.05) is 11.6 Å². The zero-order valence-corrected chi connectivity index (χ0v) is 23.3. The SMILES string of the molecule is COCCCOc1cc2nccc(Oc3ccc(NC(=O)Nc4ccc(Cl)c(C(F)(F)F)c4)c(F)c3)c2c2c1OCCO2. The highest BCUT2D eigenvalue weighted by Gasteiger charge is 2.33. The summed E-state index contributed by atoms with van der Waals surface area (Å²) in [5, 5.41) is 4.46. The maximum Gasteiger partial charge on any atom is 0.417 e. The number of aromatic nitrogens is 1. The third kappa shape index (κ3) is 6.95. The molecular formula is C29H24ClF4N3O6. The maximum absolute atomic E-state index is 15.0. The van der Waals surface area contributed by atoms with Gasteiger partial charge in [-0.25, -0.2) is 9.18 Å². The standard InChI is InChI=1S/C29H24ClF4N3O6/c1-39-9-2-10-40-24-15-22-25(27-26(24)41-11-12-42-27)23(7-8-35-22)43-17-4-6-21(20(31)14-17)37-28(38)36-16-3-5-19(30)18(13-16)29(32,33)34/h3-8,13-15H,2,9-12H2,1H3,(H2,36,37,38). The van der Waals surface area contributed by atoms with Gasteiger partial charge in [-0.15, -0.1) is 0 Å². The lowest BCUT2D eigenvalue weighted by atomic mass is 10.1. The van der Waals surface area contributed by atoms with E-state index in [0.717, 1.165) is 12.1 Å². The molecular weight excluding hydrogens is 598 g/mol. The third-order valence-corrected chi connectivity index (χ3v) is 6.47. The van der Waals surface area contributed by atoms with Crippen LogP contribution in [0, 0.1) is 5.82 Å². The average molecular weight is 622 g/mol. The van der Waals surface area contributed by atoms with Crippen molar-refractivity contribution in [3.8, 4) is 28.7 Å². The highest BCUT2D eigenvalue weighted by Crippen LogP contribution is 2.48. The summed E-state index contributed by atoms with van der Waals surface area (Å²) >= 11 is 5.61. The first kappa shape index (κ1) is 30.0. The molecule has 14 heteroatoms. The van der Waals surface area contributed by atoms with Crippen LogP contribution in [0.1, 0.15) is 12.0 Å². The predicted molar refractivity (Wildman–Crippen MR) is 150 cm³/mol. The zero-order chi connectivity index (χ0) is 30.6. The summed E-state index contributed by atoms with van der Waals surface area (Å²) in [6, 6.07) is 8.89. The Balaban J connectivity index is 1.33. The van der Waals surface area contributed by atoms with Crippen LogP contribution in [-0.2, 0) is 10.9 Å². The van der Waals surface area contributed by atoms with Crippen molar-refractivity contribution in [3.63, 3.8) is 0 Å². The molecule has 3 aromatic carbocycles. The summed E-state index contributed by atoms with van der Waals surface area (Å²) in [6.07, 6.45) is -2.54. The van der Waals surface area contributed by atoms with Crippen LogP contribution in [0.3, 0.4) is 0 Å². The molecule has 0 unspecified atom stereocenters. The number of amides is 2. The highest BCUT2D eigenvalue weighted by atomic mass is 35.5. The van der Waals surface area contributed by atoms with Crippen LogP contribution in [-0.4, -0.2) is 44.6 Å². The lowest BCUT2D eigenvalue weighted by Crippen LogP contribution is -2.20. The topological polar surface area (TPSA) is 100 Å². The van der Waals surface area contributed by atoms with Gasteiger partial charge in [-0.2, -0.15) is 13.2 Å². The Labute approximate surface area is 247 Å². The smallest absolute Gasteiger partial charge is 0.417 e. The number of rotatable bonds is 9. The molecule has 4 aromatic rings. The van der Waals surface area contributed by atoms with E-state index in [1.165, 1.54) is 24.4 Å². The second-order valence-electron chi connectivity index (χ2n) is 9.14. The number of nitrogens with zero attached hydrogens (tertiary/aromatic N) is 1. The molecule has 5 rings (SSSR count). The number of urea groups is 1. The lowest BCUT2D eigenvalue weighted by Gasteiger charge is -2.23. The van der Waals surface area contributed by atoms with Crippen LogP contribution in [0.25, 0.3) is 10.9 Å². The molecule has 0 radical (unpaired) electrons. The number of halogens is 5. The van der Waals surface area contributed by atoms with Crippen molar-refractivity contribution in [3.05, 3.63) is 71.1 Å². The third-order valence-electron chi connectivity index (χ3n) is 6.14. The van der Waals surface area contributed by atoms with E-state index in [1.807, 2.05) is 0 Å². The van der Waals surface area contributed by atoms with E-state index in [4.69, 9.17) is 35.3 Å². The molecule has 0 aliphatic carbocycles. The number of methoxy groups -OCH3 is 1. The van der Waals surface area contributed by atoms with Crippen molar-refractivity contribution in [1.29, 1.82) is 0 Å². The first-order chi connectivity index (χ1) is 20.6. The fourth-order valence-corrected chi connectivity index (χ4v) is 4.47. The number of alkyl halides is 3. The van der Waals surface area contributed by atoms with E-state index in [-0.39, 0.29) is 23.7 Å². The number of benzene rings is 3. The minimum Gasteiger partial charge on any atom is -0.489 e. The van der Waals surface area contributed by atoms with Crippen molar-refractivity contribution >= 4 is 39.9 Å². The van der Waals surface area contributed by atoms with E-state index < -0.39 is 28.6 Å². The molecule has 43 heavy (non-hydrogen) atoms. The van der Waals surface area contributed by atoms with E-state index >= 15 is 0 Å². The van der Waals surface area contributed by atoms with Gasteiger partial charge in [0.1, 0.15) is 30.5 Å². The largest absolute Gasteiger partial charge is 0.489 e. The molecule has 0 bridgehead atoms. The maximum atomic E-state index is 15.0. The first-order valence-corrected chi connectivity index (χ1v) is 13.3. The second kappa shape index (κ2) is 12.8. The van der Waals surface area contributed by atoms with Gasteiger partial charge in [0.05, 0.1) is 33.8 Å². The van der Waals surface area contributed by atoms with Crippen molar-refractivity contribution in [2.75, 3.05) is 44.2 Å². The fourth-order valence-electron chi connectivity index (χ4n) is 4.24. The number of anilines is 2. The number of hydrogen-bond donors (Lipinski definition) is 2. The summed E-state index contributed by atoms with van der Waals surface area (Å²) in [5.41, 5.74) is -1.04. The zero-order valence-electron chi connectivity index (χ0n) is 22.5. The molecule has 0 fully saturated rings. The number of pyridine rings is 1. The molecule has 0 atom stereocenters. The number of hydrogen-bond acceptors (Lipinski definition) is 7. The van der Waals surface area contributed by atoms with Gasteiger partial charge in [0, 0.05) is 44.2 Å². The van der Waals surface area contributed by atoms with E-state index in [9.17, 15) is 22.4 Å².